The van der Waals surface area contributed by atoms with Gasteiger partial charge in [-0.25, -0.2) is 0 Å². The molecule has 4 heteroatoms. The van der Waals surface area contributed by atoms with Gasteiger partial charge in [-0.05, 0) is 13.0 Å². The molecule has 1 aromatic carbocycles. The number of nitriles is 1. The quantitative estimate of drug-likeness (QED) is 0.663. The third-order valence-corrected chi connectivity index (χ3v) is 1.61. The molecule has 0 aliphatic heterocycles. The van der Waals surface area contributed by atoms with Crippen molar-refractivity contribution in [3.05, 3.63) is 17.7 Å². The van der Waals surface area contributed by atoms with Crippen molar-refractivity contribution in [2.75, 3.05) is 18.1 Å². The van der Waals surface area contributed by atoms with E-state index < -0.39 is 0 Å². The van der Waals surface area contributed by atoms with Crippen LogP contribution in [0.2, 0.25) is 0 Å². The highest BCUT2D eigenvalue weighted by atomic mass is 16.5. The van der Waals surface area contributed by atoms with E-state index in [2.05, 4.69) is 0 Å². The Hall–Kier alpha value is -1.89. The van der Waals surface area contributed by atoms with Crippen molar-refractivity contribution in [2.45, 2.75) is 6.92 Å². The number of nitrogens with zero attached hydrogens (tertiary/aromatic N) is 1. The molecule has 0 radical (unpaired) electrons. The van der Waals surface area contributed by atoms with Gasteiger partial charge in [0.15, 0.2) is 0 Å². The smallest absolute Gasteiger partial charge is 0.139 e. The van der Waals surface area contributed by atoms with E-state index >= 15 is 0 Å². The second-order valence-corrected chi connectivity index (χ2v) is 2.52. The zero-order valence-corrected chi connectivity index (χ0v) is 7.37. The van der Waals surface area contributed by atoms with Crippen LogP contribution in [0.25, 0.3) is 0 Å². The van der Waals surface area contributed by atoms with Crippen LogP contribution >= 0.6 is 0 Å². The first-order valence-corrected chi connectivity index (χ1v) is 3.91. The van der Waals surface area contributed by atoms with Gasteiger partial charge in [0.25, 0.3) is 0 Å². The molecule has 0 aliphatic rings. The average Bonchev–Trinajstić information content (AvgIpc) is 2.11. The minimum atomic E-state index is 0.403. The van der Waals surface area contributed by atoms with Gasteiger partial charge >= 0.3 is 0 Å². The lowest BCUT2D eigenvalue weighted by atomic mass is 10.1. The molecular formula is C9H11N3O. The fourth-order valence-electron chi connectivity index (χ4n) is 0.975. The monoisotopic (exact) mass is 177 g/mol. The number of anilines is 2. The maximum atomic E-state index is 8.73. The molecule has 0 bridgehead atoms. The highest BCUT2D eigenvalue weighted by Crippen LogP contribution is 2.26. The molecule has 68 valence electrons. The predicted octanol–water partition coefficient (Wildman–Crippen LogP) is 1.12. The Morgan fingerprint density at radius 3 is 2.54 bits per heavy atom. The molecule has 0 spiro atoms. The van der Waals surface area contributed by atoms with Gasteiger partial charge in [-0.1, -0.05) is 0 Å². The Balaban J connectivity index is 3.18. The summed E-state index contributed by atoms with van der Waals surface area (Å²) < 4.78 is 5.21. The first-order valence-electron chi connectivity index (χ1n) is 3.91. The van der Waals surface area contributed by atoms with Gasteiger partial charge in [0.1, 0.15) is 11.8 Å². The molecule has 0 amide bonds. The minimum Gasteiger partial charge on any atom is -0.492 e. The van der Waals surface area contributed by atoms with Gasteiger partial charge in [-0.3, -0.25) is 0 Å². The number of nitrogens with two attached hydrogens (primary N) is 2. The van der Waals surface area contributed by atoms with Crippen molar-refractivity contribution in [3.8, 4) is 11.8 Å². The molecule has 0 saturated heterocycles. The fourth-order valence-corrected chi connectivity index (χ4v) is 0.975. The van der Waals surface area contributed by atoms with Crippen LogP contribution in [0.15, 0.2) is 12.1 Å². The predicted molar refractivity (Wildman–Crippen MR) is 51.2 cm³/mol. The molecule has 0 aromatic heterocycles. The zero-order chi connectivity index (χ0) is 9.84. The summed E-state index contributed by atoms with van der Waals surface area (Å²) in [6.07, 6.45) is 0. The largest absolute Gasteiger partial charge is 0.492 e. The van der Waals surface area contributed by atoms with Crippen molar-refractivity contribution in [1.82, 2.24) is 0 Å². The van der Waals surface area contributed by atoms with Crippen LogP contribution in [0.5, 0.6) is 5.75 Å². The van der Waals surface area contributed by atoms with E-state index in [-0.39, 0.29) is 0 Å². The number of nitrogen functional groups attached to an aromatic ring is 2. The highest BCUT2D eigenvalue weighted by Gasteiger charge is 2.05. The molecule has 1 rings (SSSR count). The molecule has 0 atom stereocenters. The van der Waals surface area contributed by atoms with E-state index in [1.54, 1.807) is 6.07 Å². The molecule has 1 aromatic rings. The molecule has 4 N–H and O–H groups in total. The van der Waals surface area contributed by atoms with Crippen molar-refractivity contribution in [3.63, 3.8) is 0 Å². The Kier molecular flexibility index (Phi) is 2.60. The number of ether oxygens (including phenoxy) is 1. The average molecular weight is 177 g/mol. The number of benzene rings is 1. The van der Waals surface area contributed by atoms with E-state index in [0.717, 1.165) is 0 Å². The van der Waals surface area contributed by atoms with E-state index in [0.29, 0.717) is 29.3 Å². The van der Waals surface area contributed by atoms with Gasteiger partial charge in [-0.2, -0.15) is 5.26 Å². The number of rotatable bonds is 2. The van der Waals surface area contributed by atoms with Crippen LogP contribution in [0.3, 0.4) is 0 Å². The highest BCUT2D eigenvalue weighted by molar-refractivity contribution is 5.69. The Bertz CT molecular complexity index is 355. The molecule has 4 nitrogen and oxygen atoms in total. The molecule has 0 heterocycles. The van der Waals surface area contributed by atoms with Gasteiger partial charge in [0.05, 0.1) is 23.5 Å². The third-order valence-electron chi connectivity index (χ3n) is 1.61. The molecular weight excluding hydrogens is 166 g/mol. The Morgan fingerprint density at radius 2 is 2.00 bits per heavy atom. The standard InChI is InChI=1S/C9H11N3O/c1-2-13-9-4-8(12)7(11)3-6(9)5-10/h3-4H,2,11-12H2,1H3. The maximum absolute atomic E-state index is 8.73. The Morgan fingerprint density at radius 1 is 1.38 bits per heavy atom. The van der Waals surface area contributed by atoms with Crippen LogP contribution in [0.1, 0.15) is 12.5 Å². The summed E-state index contributed by atoms with van der Waals surface area (Å²) in [6, 6.07) is 5.07. The summed E-state index contributed by atoms with van der Waals surface area (Å²) in [4.78, 5) is 0. The van der Waals surface area contributed by atoms with Crippen molar-refractivity contribution >= 4 is 11.4 Å². The molecule has 0 unspecified atom stereocenters. The minimum absolute atomic E-state index is 0.403. The maximum Gasteiger partial charge on any atom is 0.139 e. The zero-order valence-electron chi connectivity index (χ0n) is 7.37. The van der Waals surface area contributed by atoms with Crippen molar-refractivity contribution in [1.29, 1.82) is 5.26 Å². The molecule has 0 aliphatic carbocycles. The first-order chi connectivity index (χ1) is 6.19. The van der Waals surface area contributed by atoms with Crippen LogP contribution in [0.4, 0.5) is 11.4 Å². The van der Waals surface area contributed by atoms with E-state index in [1.165, 1.54) is 6.07 Å². The normalized spacial score (nSPS) is 9.23. The second-order valence-electron chi connectivity index (χ2n) is 2.52. The van der Waals surface area contributed by atoms with E-state index in [1.807, 2.05) is 13.0 Å². The van der Waals surface area contributed by atoms with Crippen LogP contribution in [-0.2, 0) is 0 Å². The summed E-state index contributed by atoms with van der Waals surface area (Å²) in [5, 5.41) is 8.73. The molecule has 0 fully saturated rings. The van der Waals surface area contributed by atoms with E-state index in [4.69, 9.17) is 21.5 Å². The summed E-state index contributed by atoms with van der Waals surface area (Å²) in [6.45, 7) is 2.34. The summed E-state index contributed by atoms with van der Waals surface area (Å²) in [5.41, 5.74) is 12.3. The SMILES string of the molecule is CCOc1cc(N)c(N)cc1C#N. The lowest BCUT2D eigenvalue weighted by Gasteiger charge is -2.07. The summed E-state index contributed by atoms with van der Waals surface area (Å²) >= 11 is 0. The van der Waals surface area contributed by atoms with Gasteiger partial charge in [0.2, 0.25) is 0 Å². The molecule has 0 saturated carbocycles. The Labute approximate surface area is 76.7 Å². The summed E-state index contributed by atoms with van der Waals surface area (Å²) in [5.74, 6) is 0.483. The van der Waals surface area contributed by atoms with Gasteiger partial charge < -0.3 is 16.2 Å². The third kappa shape index (κ3) is 1.82. The lowest BCUT2D eigenvalue weighted by molar-refractivity contribution is 0.339. The van der Waals surface area contributed by atoms with Crippen LogP contribution in [0, 0.1) is 11.3 Å². The van der Waals surface area contributed by atoms with E-state index in [9.17, 15) is 0 Å². The van der Waals surface area contributed by atoms with Crippen molar-refractivity contribution < 1.29 is 4.74 Å². The van der Waals surface area contributed by atoms with Crippen molar-refractivity contribution in [2.24, 2.45) is 0 Å². The second kappa shape index (κ2) is 3.68. The first kappa shape index (κ1) is 9.20. The van der Waals surface area contributed by atoms with Gasteiger partial charge in [-0.15, -0.1) is 0 Å². The lowest BCUT2D eigenvalue weighted by Crippen LogP contribution is -1.99. The number of hydrogen-bond acceptors (Lipinski definition) is 4. The van der Waals surface area contributed by atoms with Gasteiger partial charge in [0, 0.05) is 6.07 Å². The van der Waals surface area contributed by atoms with Crippen LogP contribution in [-0.4, -0.2) is 6.61 Å². The summed E-state index contributed by atoms with van der Waals surface area (Å²) in [7, 11) is 0. The molecule has 13 heavy (non-hydrogen) atoms. The number of hydrogen-bond donors (Lipinski definition) is 2. The topological polar surface area (TPSA) is 85.1 Å². The fraction of sp³-hybridized carbons (Fsp3) is 0.222. The van der Waals surface area contributed by atoms with Crippen LogP contribution < -0.4 is 16.2 Å².